The van der Waals surface area contributed by atoms with Gasteiger partial charge in [0.05, 0.1) is 40.2 Å². The molecule has 10 N–H and O–H groups in total. The molecule has 0 bridgehead atoms. The SMILES string of the molecule is COc1ccc(/C=C\c2cc(OC)c(OC)c(OC)c2)cc1N.NC(=O)[C@H](N)CCCN=C(N)N. The van der Waals surface area contributed by atoms with Crippen molar-refractivity contribution in [1.82, 2.24) is 0 Å². The Hall–Kier alpha value is -4.12. The van der Waals surface area contributed by atoms with Gasteiger partial charge in [0.1, 0.15) is 5.75 Å². The van der Waals surface area contributed by atoms with Gasteiger partial charge in [0, 0.05) is 6.54 Å². The lowest BCUT2D eigenvalue weighted by molar-refractivity contribution is -0.119. The normalized spacial score (nSPS) is 11.1. The number of anilines is 1. The number of rotatable bonds is 11. The number of ether oxygens (including phenoxy) is 4. The first-order valence-corrected chi connectivity index (χ1v) is 10.7. The standard InChI is InChI=1S/C18H21NO4.C6H15N5O/c1-20-15-8-7-12(9-14(15)19)5-6-13-10-16(21-2)18(23-4)17(11-13)22-3;7-4(5(8)12)2-1-3-11-6(9)10/h5-11H,19H2,1-4H3;4H,1-3,7H2,(H2,8,12)(H4,9,10,11)/b6-5-;/t;4-/m.1/s1. The average Bonchev–Trinajstić information content (AvgIpc) is 2.84. The number of benzene rings is 2. The van der Waals surface area contributed by atoms with Gasteiger partial charge in [-0.15, -0.1) is 0 Å². The van der Waals surface area contributed by atoms with E-state index in [9.17, 15) is 4.79 Å². The van der Waals surface area contributed by atoms with E-state index in [-0.39, 0.29) is 5.96 Å². The largest absolute Gasteiger partial charge is 0.495 e. The summed E-state index contributed by atoms with van der Waals surface area (Å²) in [6.45, 7) is 0.476. The van der Waals surface area contributed by atoms with Crippen LogP contribution < -0.4 is 47.6 Å². The van der Waals surface area contributed by atoms with Crippen LogP contribution >= 0.6 is 0 Å². The molecule has 0 aliphatic rings. The minimum Gasteiger partial charge on any atom is -0.495 e. The summed E-state index contributed by atoms with van der Waals surface area (Å²) in [6, 6.07) is 8.79. The van der Waals surface area contributed by atoms with Gasteiger partial charge in [0.15, 0.2) is 17.5 Å². The molecule has 0 aliphatic heterocycles. The molecule has 0 unspecified atom stereocenters. The van der Waals surface area contributed by atoms with Crippen molar-refractivity contribution in [2.75, 3.05) is 40.7 Å². The molecule has 2 aromatic rings. The Morgan fingerprint density at radius 1 is 0.886 bits per heavy atom. The number of carbonyl (C=O) groups excluding carboxylic acids is 1. The maximum atomic E-state index is 10.4. The summed E-state index contributed by atoms with van der Waals surface area (Å²) in [4.78, 5) is 14.2. The Morgan fingerprint density at radius 2 is 1.46 bits per heavy atom. The van der Waals surface area contributed by atoms with E-state index in [4.69, 9.17) is 47.6 Å². The van der Waals surface area contributed by atoms with Crippen molar-refractivity contribution in [2.24, 2.45) is 27.9 Å². The number of carbonyl (C=O) groups is 1. The maximum Gasteiger partial charge on any atom is 0.234 e. The van der Waals surface area contributed by atoms with Crippen molar-refractivity contribution in [3.8, 4) is 23.0 Å². The highest BCUT2D eigenvalue weighted by molar-refractivity contribution is 5.79. The fraction of sp³-hybridized carbons (Fsp3) is 0.333. The molecular weight excluding hydrogens is 452 g/mol. The topological polar surface area (TPSA) is 196 Å². The van der Waals surface area contributed by atoms with Crippen LogP contribution in [-0.4, -0.2) is 52.9 Å². The summed E-state index contributed by atoms with van der Waals surface area (Å²) in [5, 5.41) is 0. The molecule has 11 nitrogen and oxygen atoms in total. The molecule has 2 rings (SSSR count). The van der Waals surface area contributed by atoms with Crippen molar-refractivity contribution in [3.05, 3.63) is 41.5 Å². The van der Waals surface area contributed by atoms with E-state index in [2.05, 4.69) is 4.99 Å². The number of amides is 1. The van der Waals surface area contributed by atoms with Gasteiger partial charge in [0.2, 0.25) is 11.7 Å². The quantitative estimate of drug-likeness (QED) is 0.102. The molecule has 0 heterocycles. The monoisotopic (exact) mass is 488 g/mol. The third kappa shape index (κ3) is 9.72. The first-order chi connectivity index (χ1) is 16.7. The summed E-state index contributed by atoms with van der Waals surface area (Å²) in [6.07, 6.45) is 5.07. The summed E-state index contributed by atoms with van der Waals surface area (Å²) in [5.74, 6) is 2.00. The third-order valence-electron chi connectivity index (χ3n) is 4.74. The summed E-state index contributed by atoms with van der Waals surface area (Å²) >= 11 is 0. The van der Waals surface area contributed by atoms with Crippen LogP contribution in [0.2, 0.25) is 0 Å². The van der Waals surface area contributed by atoms with E-state index in [0.29, 0.717) is 48.1 Å². The summed E-state index contributed by atoms with van der Waals surface area (Å²) in [5.41, 5.74) is 28.8. The highest BCUT2D eigenvalue weighted by Gasteiger charge is 2.12. The minimum absolute atomic E-state index is 0.0441. The fourth-order valence-corrected chi connectivity index (χ4v) is 2.91. The van der Waals surface area contributed by atoms with Crippen LogP contribution in [0.1, 0.15) is 24.0 Å². The van der Waals surface area contributed by atoms with Crippen molar-refractivity contribution in [2.45, 2.75) is 18.9 Å². The van der Waals surface area contributed by atoms with Crippen LogP contribution in [-0.2, 0) is 4.79 Å². The van der Waals surface area contributed by atoms with Gasteiger partial charge in [-0.05, 0) is 48.2 Å². The molecule has 0 saturated heterocycles. The average molecular weight is 489 g/mol. The first kappa shape index (κ1) is 28.9. The van der Waals surface area contributed by atoms with Crippen molar-refractivity contribution in [3.63, 3.8) is 0 Å². The Balaban J connectivity index is 0.000000434. The number of hydrogen-bond donors (Lipinski definition) is 5. The molecule has 0 aromatic heterocycles. The Kier molecular flexibility index (Phi) is 12.3. The van der Waals surface area contributed by atoms with Gasteiger partial charge >= 0.3 is 0 Å². The van der Waals surface area contributed by atoms with Crippen molar-refractivity contribution in [1.29, 1.82) is 0 Å². The number of primary amides is 1. The zero-order chi connectivity index (χ0) is 26.4. The zero-order valence-electron chi connectivity index (χ0n) is 20.6. The number of aliphatic imine (C=N–C) groups is 1. The van der Waals surface area contributed by atoms with Crippen LogP contribution in [0.5, 0.6) is 23.0 Å². The molecule has 1 amide bonds. The molecular formula is C24H36N6O5. The molecule has 0 fully saturated rings. The van der Waals surface area contributed by atoms with Gasteiger partial charge in [-0.3, -0.25) is 9.79 Å². The minimum atomic E-state index is -0.598. The number of nitrogen functional groups attached to an aromatic ring is 1. The number of hydrogen-bond acceptors (Lipinski definition) is 8. The zero-order valence-corrected chi connectivity index (χ0v) is 20.6. The highest BCUT2D eigenvalue weighted by Crippen LogP contribution is 2.38. The first-order valence-electron chi connectivity index (χ1n) is 10.7. The predicted molar refractivity (Wildman–Crippen MR) is 140 cm³/mol. The maximum absolute atomic E-state index is 10.4. The van der Waals surface area contributed by atoms with Crippen molar-refractivity contribution < 1.29 is 23.7 Å². The van der Waals surface area contributed by atoms with Crippen LogP contribution in [0.25, 0.3) is 12.2 Å². The Morgan fingerprint density at radius 3 is 1.91 bits per heavy atom. The summed E-state index contributed by atoms with van der Waals surface area (Å²) in [7, 11) is 6.36. The molecule has 0 spiro atoms. The van der Waals surface area contributed by atoms with Gasteiger partial charge in [0.25, 0.3) is 0 Å². The number of methoxy groups -OCH3 is 4. The number of nitrogens with zero attached hydrogens (tertiary/aromatic N) is 1. The molecule has 11 heteroatoms. The molecule has 0 saturated carbocycles. The molecule has 1 atom stereocenters. The van der Waals surface area contributed by atoms with E-state index in [0.717, 1.165) is 11.1 Å². The van der Waals surface area contributed by atoms with Crippen LogP contribution in [0.3, 0.4) is 0 Å². The second-order valence-corrected chi connectivity index (χ2v) is 7.25. The van der Waals surface area contributed by atoms with Gasteiger partial charge in [-0.2, -0.15) is 0 Å². The number of nitrogens with two attached hydrogens (primary N) is 5. The van der Waals surface area contributed by atoms with E-state index in [1.807, 2.05) is 42.5 Å². The van der Waals surface area contributed by atoms with Crippen LogP contribution in [0.15, 0.2) is 35.3 Å². The van der Waals surface area contributed by atoms with Crippen LogP contribution in [0, 0.1) is 0 Å². The van der Waals surface area contributed by atoms with E-state index < -0.39 is 11.9 Å². The van der Waals surface area contributed by atoms with Crippen LogP contribution in [0.4, 0.5) is 5.69 Å². The second kappa shape index (κ2) is 14.9. The molecule has 35 heavy (non-hydrogen) atoms. The molecule has 0 aliphatic carbocycles. The third-order valence-corrected chi connectivity index (χ3v) is 4.74. The molecule has 0 radical (unpaired) electrons. The van der Waals surface area contributed by atoms with E-state index >= 15 is 0 Å². The molecule has 192 valence electrons. The Bertz CT molecular complexity index is 996. The smallest absolute Gasteiger partial charge is 0.234 e. The van der Waals surface area contributed by atoms with Gasteiger partial charge < -0.3 is 47.6 Å². The lowest BCUT2D eigenvalue weighted by Gasteiger charge is -2.12. The summed E-state index contributed by atoms with van der Waals surface area (Å²) < 4.78 is 21.2. The lowest BCUT2D eigenvalue weighted by Crippen LogP contribution is -2.36. The highest BCUT2D eigenvalue weighted by atomic mass is 16.5. The van der Waals surface area contributed by atoms with Gasteiger partial charge in [-0.25, -0.2) is 0 Å². The molecule has 2 aromatic carbocycles. The number of guanidine groups is 1. The van der Waals surface area contributed by atoms with E-state index in [1.54, 1.807) is 28.4 Å². The van der Waals surface area contributed by atoms with Gasteiger partial charge in [-0.1, -0.05) is 18.2 Å². The van der Waals surface area contributed by atoms with Crippen molar-refractivity contribution >= 4 is 29.7 Å². The predicted octanol–water partition coefficient (Wildman–Crippen LogP) is 1.33. The Labute approximate surface area is 205 Å². The fourth-order valence-electron chi connectivity index (χ4n) is 2.91. The lowest BCUT2D eigenvalue weighted by atomic mass is 10.1. The van der Waals surface area contributed by atoms with E-state index in [1.165, 1.54) is 0 Å². The second-order valence-electron chi connectivity index (χ2n) is 7.25.